The van der Waals surface area contributed by atoms with E-state index >= 15 is 0 Å². The molecule has 11 heteroatoms. The molecule has 2 aromatic rings. The number of likely N-dealkylation sites (N-methyl/N-ethyl adjacent to an activating group) is 1. The van der Waals surface area contributed by atoms with Crippen LogP contribution in [0.4, 0.5) is 13.2 Å². The van der Waals surface area contributed by atoms with Crippen molar-refractivity contribution in [2.75, 3.05) is 33.2 Å². The second kappa shape index (κ2) is 12.1. The van der Waals surface area contributed by atoms with Crippen LogP contribution in [0.5, 0.6) is 0 Å². The van der Waals surface area contributed by atoms with Gasteiger partial charge in [0.2, 0.25) is 11.8 Å². The van der Waals surface area contributed by atoms with Gasteiger partial charge in [-0.3, -0.25) is 14.4 Å². The van der Waals surface area contributed by atoms with Gasteiger partial charge in [-0.2, -0.15) is 13.2 Å². The molecule has 0 saturated carbocycles. The fourth-order valence-corrected chi connectivity index (χ4v) is 6.37. The van der Waals surface area contributed by atoms with Crippen molar-refractivity contribution in [3.63, 3.8) is 0 Å². The van der Waals surface area contributed by atoms with Gasteiger partial charge in [0.1, 0.15) is 0 Å². The van der Waals surface area contributed by atoms with Crippen LogP contribution < -0.4 is 0 Å². The number of rotatable bonds is 4. The average molecular weight is 643 g/mol. The number of nitrogens with zero attached hydrogens (tertiary/aromatic N) is 3. The monoisotopic (exact) mass is 641 g/mol. The molecule has 2 aliphatic heterocycles. The summed E-state index contributed by atoms with van der Waals surface area (Å²) in [5.74, 6) is -0.932. The van der Waals surface area contributed by atoms with E-state index in [-0.39, 0.29) is 39.7 Å². The van der Waals surface area contributed by atoms with E-state index in [1.807, 2.05) is 24.0 Å². The van der Waals surface area contributed by atoms with Gasteiger partial charge in [0.25, 0.3) is 5.91 Å². The van der Waals surface area contributed by atoms with E-state index in [1.54, 1.807) is 18.0 Å². The zero-order valence-electron chi connectivity index (χ0n) is 22.6. The van der Waals surface area contributed by atoms with Crippen molar-refractivity contribution in [1.29, 1.82) is 0 Å². The van der Waals surface area contributed by atoms with Gasteiger partial charge >= 0.3 is 6.18 Å². The predicted molar refractivity (Wildman–Crippen MR) is 150 cm³/mol. The smallest absolute Gasteiger partial charge is 0.343 e. The summed E-state index contributed by atoms with van der Waals surface area (Å²) in [5.41, 5.74) is 0.792. The Kier molecular flexibility index (Phi) is 9.19. The Morgan fingerprint density at radius 1 is 1.00 bits per heavy atom. The summed E-state index contributed by atoms with van der Waals surface area (Å²) in [6.07, 6.45) is -2.92. The summed E-state index contributed by atoms with van der Waals surface area (Å²) in [4.78, 5) is 43.9. The molecule has 0 bridgehead atoms. The summed E-state index contributed by atoms with van der Waals surface area (Å²) >= 11 is 9.38. The third kappa shape index (κ3) is 6.65. The highest BCUT2D eigenvalue weighted by Gasteiger charge is 2.39. The summed E-state index contributed by atoms with van der Waals surface area (Å²) in [7, 11) is 1.60. The van der Waals surface area contributed by atoms with Gasteiger partial charge in [-0.25, -0.2) is 0 Å². The van der Waals surface area contributed by atoms with E-state index in [2.05, 4.69) is 15.9 Å². The summed E-state index contributed by atoms with van der Waals surface area (Å²) in [6.45, 7) is 5.29. The maximum absolute atomic E-state index is 13.5. The Balaban J connectivity index is 1.59. The Morgan fingerprint density at radius 2 is 1.65 bits per heavy atom. The van der Waals surface area contributed by atoms with Gasteiger partial charge in [0.05, 0.1) is 5.56 Å². The molecule has 0 N–H and O–H groups in total. The quantitative estimate of drug-likeness (QED) is 0.403. The molecule has 3 amide bonds. The number of halogens is 5. The second-order valence-electron chi connectivity index (χ2n) is 10.7. The number of amides is 3. The number of likely N-dealkylation sites (tertiary alicyclic amines) is 2. The number of carbonyl (C=O) groups is 3. The minimum Gasteiger partial charge on any atom is -0.343 e. The number of carbonyl (C=O) groups excluding carboxylic acids is 3. The first-order valence-corrected chi connectivity index (χ1v) is 14.4. The summed E-state index contributed by atoms with van der Waals surface area (Å²) in [5, 5.41) is 0.597. The van der Waals surface area contributed by atoms with Gasteiger partial charge in [0.15, 0.2) is 0 Å². The van der Waals surface area contributed by atoms with Crippen molar-refractivity contribution in [2.24, 2.45) is 5.92 Å². The van der Waals surface area contributed by atoms with E-state index < -0.39 is 17.6 Å². The first-order valence-electron chi connectivity index (χ1n) is 13.2. The first-order chi connectivity index (χ1) is 18.8. The van der Waals surface area contributed by atoms with Gasteiger partial charge in [0, 0.05) is 73.1 Å². The molecule has 0 aromatic heterocycles. The van der Waals surface area contributed by atoms with Crippen molar-refractivity contribution in [1.82, 2.24) is 14.7 Å². The largest absolute Gasteiger partial charge is 0.416 e. The van der Waals surface area contributed by atoms with Crippen LogP contribution in [-0.4, -0.2) is 71.7 Å². The molecule has 0 radical (unpaired) electrons. The van der Waals surface area contributed by atoms with E-state index in [0.717, 1.165) is 23.3 Å². The molecule has 40 heavy (non-hydrogen) atoms. The number of hydrogen-bond acceptors (Lipinski definition) is 3. The number of aryl methyl sites for hydroxylation is 1. The molecule has 4 rings (SSSR count). The first kappa shape index (κ1) is 30.4. The standard InChI is InChI=1S/C29H32BrClF3N3O3/c1-17-12-20(4-5-25(17)31)24-16-37(28(40)19-6-9-36(10-7-19)18(2)38)11-8-26(24)35(3)27(39)21-13-22(29(32,33)34)15-23(30)14-21/h4-5,12-15,19,24,26H,6-11,16H2,1-3H3. The van der Waals surface area contributed by atoms with Crippen LogP contribution in [0, 0.1) is 12.8 Å². The molecule has 2 heterocycles. The molecule has 0 aliphatic carbocycles. The van der Waals surface area contributed by atoms with Crippen LogP contribution in [0.1, 0.15) is 59.2 Å². The zero-order valence-corrected chi connectivity index (χ0v) is 24.9. The molecule has 2 atom stereocenters. The van der Waals surface area contributed by atoms with Crippen LogP contribution in [0.2, 0.25) is 5.02 Å². The highest BCUT2D eigenvalue weighted by atomic mass is 79.9. The van der Waals surface area contributed by atoms with Crippen LogP contribution >= 0.6 is 27.5 Å². The number of benzene rings is 2. The molecular weight excluding hydrogens is 611 g/mol. The molecule has 2 unspecified atom stereocenters. The Labute approximate surface area is 245 Å². The molecule has 2 aliphatic rings. The second-order valence-corrected chi connectivity index (χ2v) is 12.0. The molecular formula is C29H32BrClF3N3O3. The molecule has 6 nitrogen and oxygen atoms in total. The van der Waals surface area contributed by atoms with Gasteiger partial charge in [-0.05, 0) is 61.6 Å². The van der Waals surface area contributed by atoms with Crippen molar-refractivity contribution in [2.45, 2.75) is 51.2 Å². The fourth-order valence-electron chi connectivity index (χ4n) is 5.76. The molecule has 216 valence electrons. The average Bonchev–Trinajstić information content (AvgIpc) is 2.92. The number of alkyl halides is 3. The highest BCUT2D eigenvalue weighted by molar-refractivity contribution is 9.10. The Bertz CT molecular complexity index is 1300. The third-order valence-corrected chi connectivity index (χ3v) is 8.96. The van der Waals surface area contributed by atoms with Crippen molar-refractivity contribution < 1.29 is 27.6 Å². The van der Waals surface area contributed by atoms with E-state index in [4.69, 9.17) is 11.6 Å². The van der Waals surface area contributed by atoms with E-state index in [9.17, 15) is 27.6 Å². The highest BCUT2D eigenvalue weighted by Crippen LogP contribution is 2.36. The minimum absolute atomic E-state index is 0.00499. The van der Waals surface area contributed by atoms with E-state index in [1.165, 1.54) is 17.9 Å². The lowest BCUT2D eigenvalue weighted by Crippen LogP contribution is -2.53. The third-order valence-electron chi connectivity index (χ3n) is 8.08. The SMILES string of the molecule is CC(=O)N1CCC(C(=O)N2CCC(N(C)C(=O)c3cc(Br)cc(C(F)(F)F)c3)C(c3ccc(Cl)c(C)c3)C2)CC1. The predicted octanol–water partition coefficient (Wildman–Crippen LogP) is 6.14. The lowest BCUT2D eigenvalue weighted by molar-refractivity contribution is -0.141. The van der Waals surface area contributed by atoms with Crippen LogP contribution in [0.3, 0.4) is 0 Å². The van der Waals surface area contributed by atoms with Crippen molar-refractivity contribution in [3.8, 4) is 0 Å². The van der Waals surface area contributed by atoms with Crippen LogP contribution in [-0.2, 0) is 15.8 Å². The Morgan fingerprint density at radius 3 is 2.25 bits per heavy atom. The molecule has 2 fully saturated rings. The maximum atomic E-state index is 13.5. The zero-order chi connectivity index (χ0) is 29.4. The number of hydrogen-bond donors (Lipinski definition) is 0. The van der Waals surface area contributed by atoms with Crippen LogP contribution in [0.15, 0.2) is 40.9 Å². The minimum atomic E-state index is -4.59. The van der Waals surface area contributed by atoms with Gasteiger partial charge in [-0.1, -0.05) is 39.7 Å². The molecule has 2 aromatic carbocycles. The molecule has 0 spiro atoms. The lowest BCUT2D eigenvalue weighted by Gasteiger charge is -2.44. The Hall–Kier alpha value is -2.59. The van der Waals surface area contributed by atoms with Crippen LogP contribution in [0.25, 0.3) is 0 Å². The van der Waals surface area contributed by atoms with Gasteiger partial charge < -0.3 is 14.7 Å². The molecule has 2 saturated heterocycles. The summed E-state index contributed by atoms with van der Waals surface area (Å²) in [6, 6.07) is 8.46. The maximum Gasteiger partial charge on any atom is 0.416 e. The topological polar surface area (TPSA) is 60.9 Å². The fraction of sp³-hybridized carbons (Fsp3) is 0.483. The van der Waals surface area contributed by atoms with Gasteiger partial charge in [-0.15, -0.1) is 0 Å². The summed E-state index contributed by atoms with van der Waals surface area (Å²) < 4.78 is 40.5. The van der Waals surface area contributed by atoms with Crippen molar-refractivity contribution in [3.05, 3.63) is 68.1 Å². The normalized spacial score (nSPS) is 20.4. The van der Waals surface area contributed by atoms with Crippen molar-refractivity contribution >= 4 is 45.3 Å². The number of piperidine rings is 2. The lowest BCUT2D eigenvalue weighted by atomic mass is 9.83. The van der Waals surface area contributed by atoms with E-state index in [0.29, 0.717) is 50.5 Å².